The van der Waals surface area contributed by atoms with Crippen molar-refractivity contribution in [2.45, 2.75) is 32.7 Å². The summed E-state index contributed by atoms with van der Waals surface area (Å²) in [4.78, 5) is 27.3. The monoisotopic (exact) mass is 391 g/mol. The van der Waals surface area contributed by atoms with Gasteiger partial charge in [0, 0.05) is 11.3 Å². The van der Waals surface area contributed by atoms with E-state index in [9.17, 15) is 14.0 Å². The fourth-order valence-corrected chi connectivity index (χ4v) is 3.26. The summed E-state index contributed by atoms with van der Waals surface area (Å²) < 4.78 is 13.9. The number of amides is 2. The number of imide groups is 1. The number of benzene rings is 2. The summed E-state index contributed by atoms with van der Waals surface area (Å²) in [7, 11) is 0. The molecule has 0 radical (unpaired) electrons. The van der Waals surface area contributed by atoms with Crippen molar-refractivity contribution in [1.29, 1.82) is 0 Å². The summed E-state index contributed by atoms with van der Waals surface area (Å²) >= 11 is 0. The molecule has 4 N–H and O–H groups in total. The third-order valence-electron chi connectivity index (χ3n) is 4.88. The molecule has 0 saturated heterocycles. The molecule has 0 fully saturated rings. The molecule has 7 heteroatoms. The van der Waals surface area contributed by atoms with Crippen LogP contribution in [0.2, 0.25) is 0 Å². The van der Waals surface area contributed by atoms with Crippen LogP contribution in [0.15, 0.2) is 36.4 Å². The van der Waals surface area contributed by atoms with Gasteiger partial charge in [-0.3, -0.25) is 9.59 Å². The van der Waals surface area contributed by atoms with Gasteiger partial charge in [-0.25, -0.2) is 9.29 Å². The lowest BCUT2D eigenvalue weighted by molar-refractivity contribution is -0.128. The number of rotatable bonds is 2. The number of hydrogen-bond acceptors (Lipinski definition) is 4. The minimum absolute atomic E-state index is 0. The number of fused-ring (bicyclic) bond motifs is 3. The van der Waals surface area contributed by atoms with E-state index in [-0.39, 0.29) is 18.3 Å². The Morgan fingerprint density at radius 1 is 1.22 bits per heavy atom. The number of carbonyl (C=O) groups is 2. The molecule has 144 valence electrons. The molecule has 2 atom stereocenters. The molecular weight excluding hydrogens is 369 g/mol. The van der Waals surface area contributed by atoms with Crippen LogP contribution in [0.3, 0.4) is 0 Å². The second-order valence-corrected chi connectivity index (χ2v) is 6.98. The van der Waals surface area contributed by atoms with Gasteiger partial charge in [0.2, 0.25) is 5.91 Å². The van der Waals surface area contributed by atoms with Crippen LogP contribution in [0.1, 0.15) is 32.3 Å². The fourth-order valence-electron chi connectivity index (χ4n) is 3.26. The van der Waals surface area contributed by atoms with Gasteiger partial charge in [-0.15, -0.1) is 12.4 Å². The highest BCUT2D eigenvalue weighted by Crippen LogP contribution is 2.44. The van der Waals surface area contributed by atoms with Crippen molar-refractivity contribution in [2.24, 2.45) is 11.7 Å². The standard InChI is InChI=1S/C20H22FN3O2.ClH/c1-10(2)18(23)20(26)24-16-6-4-5-15(22)17(16)13-8-7-12(21)9-14(13)11(3)19(24)25;/h4-11,18H,22-23H2,1-3H3;1H/t11?,18-;/m0./s1. The van der Waals surface area contributed by atoms with Crippen molar-refractivity contribution >= 4 is 35.6 Å². The summed E-state index contributed by atoms with van der Waals surface area (Å²) in [5.41, 5.74) is 14.7. The molecule has 5 nitrogen and oxygen atoms in total. The predicted octanol–water partition coefficient (Wildman–Crippen LogP) is 3.46. The van der Waals surface area contributed by atoms with E-state index in [1.54, 1.807) is 31.2 Å². The zero-order valence-corrected chi connectivity index (χ0v) is 16.2. The molecule has 2 aromatic rings. The van der Waals surface area contributed by atoms with Crippen molar-refractivity contribution in [3.8, 4) is 11.1 Å². The number of anilines is 2. The Kier molecular flexibility index (Phi) is 5.92. The Labute approximate surface area is 163 Å². The molecule has 1 aliphatic rings. The molecular formula is C20H23ClFN3O2. The minimum atomic E-state index is -0.835. The first kappa shape index (κ1) is 20.9. The van der Waals surface area contributed by atoms with Crippen LogP contribution in [-0.4, -0.2) is 17.9 Å². The van der Waals surface area contributed by atoms with Crippen molar-refractivity contribution in [2.75, 3.05) is 10.6 Å². The van der Waals surface area contributed by atoms with E-state index in [1.165, 1.54) is 12.1 Å². The Morgan fingerprint density at radius 2 is 1.89 bits per heavy atom. The second kappa shape index (κ2) is 7.66. The first-order valence-electron chi connectivity index (χ1n) is 8.55. The van der Waals surface area contributed by atoms with Gasteiger partial charge in [-0.1, -0.05) is 26.0 Å². The highest BCUT2D eigenvalue weighted by atomic mass is 35.5. The highest BCUT2D eigenvalue weighted by molar-refractivity contribution is 6.22. The van der Waals surface area contributed by atoms with E-state index in [0.29, 0.717) is 28.1 Å². The lowest BCUT2D eigenvalue weighted by atomic mass is 9.91. The van der Waals surface area contributed by atoms with E-state index < -0.39 is 29.6 Å². The van der Waals surface area contributed by atoms with Gasteiger partial charge in [-0.2, -0.15) is 0 Å². The zero-order valence-electron chi connectivity index (χ0n) is 15.4. The van der Waals surface area contributed by atoms with Gasteiger partial charge in [0.05, 0.1) is 17.6 Å². The highest BCUT2D eigenvalue weighted by Gasteiger charge is 2.38. The van der Waals surface area contributed by atoms with Crippen LogP contribution < -0.4 is 16.4 Å². The lowest BCUT2D eigenvalue weighted by Gasteiger charge is -2.27. The van der Waals surface area contributed by atoms with Gasteiger partial charge in [0.15, 0.2) is 0 Å². The molecule has 0 aromatic heterocycles. The molecule has 2 amide bonds. The van der Waals surface area contributed by atoms with Crippen LogP contribution in [0, 0.1) is 11.7 Å². The SMILES string of the molecule is CC1C(=O)N(C(=O)[C@@H](N)C(C)C)c2cccc(N)c2-c2ccc(F)cc21.Cl. The summed E-state index contributed by atoms with van der Waals surface area (Å²) in [5.74, 6) is -2.23. The van der Waals surface area contributed by atoms with Crippen molar-refractivity contribution in [3.05, 3.63) is 47.8 Å². The number of nitrogens with zero attached hydrogens (tertiary/aromatic N) is 1. The number of hydrogen-bond donors (Lipinski definition) is 2. The third kappa shape index (κ3) is 3.42. The van der Waals surface area contributed by atoms with E-state index >= 15 is 0 Å². The smallest absolute Gasteiger partial charge is 0.250 e. The van der Waals surface area contributed by atoms with E-state index in [0.717, 1.165) is 4.90 Å². The van der Waals surface area contributed by atoms with Gasteiger partial charge >= 0.3 is 0 Å². The normalized spacial score (nSPS) is 16.9. The quantitative estimate of drug-likeness (QED) is 0.767. The first-order valence-corrected chi connectivity index (χ1v) is 8.55. The van der Waals surface area contributed by atoms with Gasteiger partial charge in [0.1, 0.15) is 5.82 Å². The van der Waals surface area contributed by atoms with Crippen molar-refractivity contribution in [3.63, 3.8) is 0 Å². The number of nitrogens with two attached hydrogens (primary N) is 2. The number of carbonyl (C=O) groups excluding carboxylic acids is 2. The molecule has 0 spiro atoms. The van der Waals surface area contributed by atoms with Crippen LogP contribution in [0.4, 0.5) is 15.8 Å². The van der Waals surface area contributed by atoms with E-state index in [1.807, 2.05) is 13.8 Å². The van der Waals surface area contributed by atoms with E-state index in [2.05, 4.69) is 0 Å². The number of nitrogen functional groups attached to an aromatic ring is 1. The summed E-state index contributed by atoms with van der Waals surface area (Å²) in [5, 5.41) is 0. The predicted molar refractivity (Wildman–Crippen MR) is 107 cm³/mol. The number of halogens is 2. The van der Waals surface area contributed by atoms with Gasteiger partial charge in [0.25, 0.3) is 5.91 Å². The molecule has 0 bridgehead atoms. The maximum absolute atomic E-state index is 13.9. The molecule has 1 heterocycles. The average Bonchev–Trinajstić information content (AvgIpc) is 2.69. The van der Waals surface area contributed by atoms with Crippen LogP contribution in [0.25, 0.3) is 11.1 Å². The molecule has 0 saturated carbocycles. The Bertz CT molecular complexity index is 901. The van der Waals surface area contributed by atoms with Crippen molar-refractivity contribution < 1.29 is 14.0 Å². The summed E-state index contributed by atoms with van der Waals surface area (Å²) in [6.07, 6.45) is 0. The van der Waals surface area contributed by atoms with Crippen LogP contribution in [-0.2, 0) is 9.59 Å². The Balaban J connectivity index is 0.00000261. The molecule has 27 heavy (non-hydrogen) atoms. The fraction of sp³-hybridized carbons (Fsp3) is 0.300. The molecule has 1 unspecified atom stereocenters. The largest absolute Gasteiger partial charge is 0.398 e. The maximum Gasteiger partial charge on any atom is 0.250 e. The Hall–Kier alpha value is -2.44. The molecule has 3 rings (SSSR count). The Morgan fingerprint density at radius 3 is 2.52 bits per heavy atom. The molecule has 0 aliphatic carbocycles. The van der Waals surface area contributed by atoms with Gasteiger partial charge < -0.3 is 11.5 Å². The zero-order chi connectivity index (χ0) is 19.2. The molecule has 1 aliphatic heterocycles. The average molecular weight is 392 g/mol. The summed E-state index contributed by atoms with van der Waals surface area (Å²) in [6.45, 7) is 5.29. The minimum Gasteiger partial charge on any atom is -0.398 e. The molecule has 2 aromatic carbocycles. The maximum atomic E-state index is 13.9. The van der Waals surface area contributed by atoms with Crippen molar-refractivity contribution in [1.82, 2.24) is 0 Å². The first-order chi connectivity index (χ1) is 12.2. The van der Waals surface area contributed by atoms with Crippen LogP contribution >= 0.6 is 12.4 Å². The summed E-state index contributed by atoms with van der Waals surface area (Å²) in [6, 6.07) is 8.45. The van der Waals surface area contributed by atoms with Gasteiger partial charge in [-0.05, 0) is 48.2 Å². The third-order valence-corrected chi connectivity index (χ3v) is 4.88. The lowest BCUT2D eigenvalue weighted by Crippen LogP contribution is -2.50. The second-order valence-electron chi connectivity index (χ2n) is 6.98. The van der Waals surface area contributed by atoms with Crippen LogP contribution in [0.5, 0.6) is 0 Å². The topological polar surface area (TPSA) is 89.4 Å². The van der Waals surface area contributed by atoms with E-state index in [4.69, 9.17) is 11.5 Å².